The number of hydrogen-bond acceptors (Lipinski definition) is 10. The zero-order chi connectivity index (χ0) is 31.4. The number of aliphatic hydroxyl groups excluding tert-OH is 2. The number of nitrogens with zero attached hydrogens (tertiary/aromatic N) is 4. The molecule has 1 aliphatic heterocycles. The van der Waals surface area contributed by atoms with Crippen LogP contribution < -0.4 is 11.2 Å². The van der Waals surface area contributed by atoms with Crippen LogP contribution in [0.25, 0.3) is 11.2 Å². The number of fused-ring (bicyclic) bond motifs is 4. The lowest BCUT2D eigenvalue weighted by atomic mass is 9.40. The predicted octanol–water partition coefficient (Wildman–Crippen LogP) is -0.0527. The van der Waals surface area contributed by atoms with E-state index in [4.69, 9.17) is 9.47 Å². The molecule has 13 nitrogen and oxygen atoms in total. The van der Waals surface area contributed by atoms with Gasteiger partial charge >= 0.3 is 11.7 Å². The summed E-state index contributed by atoms with van der Waals surface area (Å²) in [6.45, 7) is 11.7. The molecule has 2 saturated carbocycles. The number of ketones is 1. The molecule has 3 fully saturated rings. The lowest BCUT2D eigenvalue weighted by Crippen LogP contribution is -2.86. The number of aromatic nitrogens is 4. The van der Waals surface area contributed by atoms with Gasteiger partial charge in [-0.2, -0.15) is 0 Å². The number of hydrogen-bond donors (Lipinski definition) is 3. The first-order valence-electron chi connectivity index (χ1n) is 14.1. The van der Waals surface area contributed by atoms with Crippen molar-refractivity contribution < 1.29 is 34.4 Å². The Morgan fingerprint density at radius 2 is 1.81 bits per heavy atom. The monoisotopic (exact) mass is 588 g/mol. The van der Waals surface area contributed by atoms with E-state index in [0.717, 1.165) is 4.57 Å². The van der Waals surface area contributed by atoms with Crippen LogP contribution in [0.15, 0.2) is 28.6 Å². The molecule has 3 N–H and O–H groups in total. The van der Waals surface area contributed by atoms with Crippen LogP contribution in [-0.2, 0) is 39.7 Å². The molecule has 3 aliphatic rings. The van der Waals surface area contributed by atoms with Crippen molar-refractivity contribution in [1.29, 1.82) is 0 Å². The van der Waals surface area contributed by atoms with Crippen LogP contribution in [0, 0.1) is 16.7 Å². The molecule has 4 unspecified atom stereocenters. The van der Waals surface area contributed by atoms with Crippen LogP contribution in [0.3, 0.4) is 0 Å². The number of carbonyl (C=O) groups is 2. The normalized spacial score (nSPS) is 39.4. The molecule has 2 aromatic heterocycles. The molecule has 8 atom stereocenters. The van der Waals surface area contributed by atoms with E-state index >= 15 is 0 Å². The highest BCUT2D eigenvalue weighted by molar-refractivity contribution is 5.92. The van der Waals surface area contributed by atoms with E-state index in [1.807, 2.05) is 13.8 Å². The van der Waals surface area contributed by atoms with Crippen molar-refractivity contribution in [3.05, 3.63) is 39.8 Å². The van der Waals surface area contributed by atoms with Crippen molar-refractivity contribution in [3.63, 3.8) is 0 Å². The average molecular weight is 589 g/mol. The maximum Gasteiger partial charge on any atom is 0.332 e. The fourth-order valence-corrected chi connectivity index (χ4v) is 8.25. The summed E-state index contributed by atoms with van der Waals surface area (Å²) in [4.78, 5) is 56.8. The number of esters is 1. The van der Waals surface area contributed by atoms with Gasteiger partial charge in [-0.1, -0.05) is 26.8 Å². The molecule has 2 aliphatic carbocycles. The second-order valence-electron chi connectivity index (χ2n) is 13.5. The van der Waals surface area contributed by atoms with Crippen LogP contribution >= 0.6 is 0 Å². The summed E-state index contributed by atoms with van der Waals surface area (Å²) in [6.07, 6.45) is -0.998. The zero-order valence-corrected chi connectivity index (χ0v) is 25.1. The Morgan fingerprint density at radius 3 is 2.43 bits per heavy atom. The minimum atomic E-state index is -2.33. The third kappa shape index (κ3) is 3.66. The Hall–Kier alpha value is -3.13. The van der Waals surface area contributed by atoms with Gasteiger partial charge in [0.1, 0.15) is 24.4 Å². The first-order valence-corrected chi connectivity index (χ1v) is 14.1. The Morgan fingerprint density at radius 1 is 1.17 bits per heavy atom. The van der Waals surface area contributed by atoms with Crippen molar-refractivity contribution in [3.8, 4) is 0 Å². The summed E-state index contributed by atoms with van der Waals surface area (Å²) in [5, 5.41) is 35.9. The molecule has 2 aromatic rings. The molecule has 0 aromatic carbocycles. The molecule has 42 heavy (non-hydrogen) atoms. The van der Waals surface area contributed by atoms with Crippen molar-refractivity contribution in [2.45, 2.75) is 95.5 Å². The van der Waals surface area contributed by atoms with Crippen molar-refractivity contribution in [2.75, 3.05) is 0 Å². The maximum absolute atomic E-state index is 13.9. The molecule has 1 saturated heterocycles. The topological polar surface area (TPSA) is 175 Å². The zero-order valence-electron chi connectivity index (χ0n) is 25.1. The van der Waals surface area contributed by atoms with E-state index in [1.165, 1.54) is 42.6 Å². The standard InChI is InChI=1S/C29H40N4O9/c1-9-26(4)12-16(35)29(40)27(5)15(34)10-11-25(2,3)20(27)19(21(37)28(29,6)42-26)41-17(36)13-33-14-30-22-18(33)23(38)32(8)24(39)31(22)7/h9,14-15,19-21,34,37,40H,1,10-13H2,2-8H3/t15-,19?,20?,21?,26-,27?,28+,29-/m0/s1. The Kier molecular flexibility index (Phi) is 6.63. The van der Waals surface area contributed by atoms with Crippen molar-refractivity contribution in [2.24, 2.45) is 30.8 Å². The Labute approximate surface area is 242 Å². The lowest BCUT2D eigenvalue weighted by molar-refractivity contribution is -0.370. The number of Topliss-reactive ketones (excluding diaryl/α,β-unsaturated/α-hetero) is 1. The fraction of sp³-hybridized carbons (Fsp3) is 0.690. The molecule has 3 heterocycles. The smallest absolute Gasteiger partial charge is 0.332 e. The molecule has 13 heteroatoms. The van der Waals surface area contributed by atoms with Crippen LogP contribution in [-0.4, -0.2) is 80.9 Å². The van der Waals surface area contributed by atoms with Gasteiger partial charge in [-0.05, 0) is 32.1 Å². The summed E-state index contributed by atoms with van der Waals surface area (Å²) in [5.41, 5.74) is -8.95. The van der Waals surface area contributed by atoms with Gasteiger partial charge in [-0.15, -0.1) is 6.58 Å². The minimum absolute atomic E-state index is 0.0169. The van der Waals surface area contributed by atoms with E-state index in [2.05, 4.69) is 11.6 Å². The SMILES string of the molecule is C=C[C@@]1(C)CC(=O)[C@]2(O)C3(C)C(C(OC(=O)Cn4cnc5c4c(=O)n(C)c(=O)n5C)C(O)[C@@]2(C)O1)C(C)(C)CC[C@@H]3O. The average Bonchev–Trinajstić information content (AvgIpc) is 3.33. The highest BCUT2D eigenvalue weighted by Crippen LogP contribution is 2.67. The summed E-state index contributed by atoms with van der Waals surface area (Å²) in [6, 6.07) is 0. The third-order valence-corrected chi connectivity index (χ3v) is 10.5. The highest BCUT2D eigenvalue weighted by atomic mass is 16.6. The van der Waals surface area contributed by atoms with Crippen LogP contribution in [0.2, 0.25) is 0 Å². The molecular weight excluding hydrogens is 548 g/mol. The van der Waals surface area contributed by atoms with E-state index in [9.17, 15) is 34.5 Å². The van der Waals surface area contributed by atoms with Gasteiger partial charge in [0.15, 0.2) is 22.5 Å². The third-order valence-electron chi connectivity index (χ3n) is 10.5. The maximum atomic E-state index is 13.9. The summed E-state index contributed by atoms with van der Waals surface area (Å²) in [7, 11) is 2.78. The second kappa shape index (κ2) is 9.18. The quantitative estimate of drug-likeness (QED) is 0.324. The van der Waals surface area contributed by atoms with Gasteiger partial charge in [0.2, 0.25) is 0 Å². The Balaban J connectivity index is 1.61. The van der Waals surface area contributed by atoms with Gasteiger partial charge in [0.25, 0.3) is 5.56 Å². The fourth-order valence-electron chi connectivity index (χ4n) is 8.25. The van der Waals surface area contributed by atoms with Gasteiger partial charge in [0.05, 0.1) is 18.0 Å². The molecular formula is C29H40N4O9. The predicted molar refractivity (Wildman–Crippen MR) is 149 cm³/mol. The van der Waals surface area contributed by atoms with Crippen LogP contribution in [0.4, 0.5) is 0 Å². The van der Waals surface area contributed by atoms with E-state index in [-0.39, 0.29) is 24.0 Å². The van der Waals surface area contributed by atoms with E-state index in [0.29, 0.717) is 6.42 Å². The molecule has 0 bridgehead atoms. The highest BCUT2D eigenvalue weighted by Gasteiger charge is 2.81. The van der Waals surface area contributed by atoms with Crippen LogP contribution in [0.5, 0.6) is 0 Å². The number of aliphatic hydroxyl groups is 3. The van der Waals surface area contributed by atoms with Crippen molar-refractivity contribution in [1.82, 2.24) is 18.7 Å². The second-order valence-corrected chi connectivity index (χ2v) is 13.5. The van der Waals surface area contributed by atoms with Gasteiger partial charge in [-0.25, -0.2) is 9.78 Å². The minimum Gasteiger partial charge on any atom is -0.458 e. The molecule has 0 radical (unpaired) electrons. The number of imidazole rings is 1. The van der Waals surface area contributed by atoms with Gasteiger partial charge < -0.3 is 29.4 Å². The lowest BCUT2D eigenvalue weighted by Gasteiger charge is -2.71. The van der Waals surface area contributed by atoms with Gasteiger partial charge in [0, 0.05) is 31.8 Å². The largest absolute Gasteiger partial charge is 0.458 e. The summed E-state index contributed by atoms with van der Waals surface area (Å²) >= 11 is 0. The molecule has 0 amide bonds. The summed E-state index contributed by atoms with van der Waals surface area (Å²) in [5.74, 6) is -2.31. The number of ether oxygens (including phenoxy) is 2. The molecule has 230 valence electrons. The molecule has 5 rings (SSSR count). The first kappa shape index (κ1) is 30.3. The number of carbonyl (C=O) groups excluding carboxylic acids is 2. The van der Waals surface area contributed by atoms with Crippen LogP contribution in [0.1, 0.15) is 53.9 Å². The van der Waals surface area contributed by atoms with E-state index in [1.54, 1.807) is 13.8 Å². The summed E-state index contributed by atoms with van der Waals surface area (Å²) < 4.78 is 15.7. The Bertz CT molecular complexity index is 1620. The first-order chi connectivity index (χ1) is 19.3. The number of aryl methyl sites for hydroxylation is 1. The van der Waals surface area contributed by atoms with Crippen molar-refractivity contribution >= 4 is 22.9 Å². The molecule has 0 spiro atoms. The number of rotatable bonds is 4. The van der Waals surface area contributed by atoms with E-state index < -0.39 is 81.4 Å². The van der Waals surface area contributed by atoms with Gasteiger partial charge in [-0.3, -0.25) is 23.5 Å².